The summed E-state index contributed by atoms with van der Waals surface area (Å²) < 4.78 is 22.5. The van der Waals surface area contributed by atoms with Crippen molar-refractivity contribution in [2.45, 2.75) is 32.3 Å². The van der Waals surface area contributed by atoms with E-state index in [1.165, 1.54) is 56.3 Å². The van der Waals surface area contributed by atoms with E-state index < -0.39 is 41.3 Å². The van der Waals surface area contributed by atoms with E-state index >= 15 is 0 Å². The standard InChI is InChI=1S/C29H17Cl2NO11/c1-12(33)39-23-10-21-17(8-19(23)30)29(18-9-20(31)24(40-13(2)34)11-22(18)41-21)16-7-14(3-4-15(16)28(38)42-29)27(37)43-32-25(35)5-6-26(32)36/h3-4,7-11H,5-6H2,1-2H3. The molecule has 0 radical (unpaired) electrons. The molecule has 43 heavy (non-hydrogen) atoms. The van der Waals surface area contributed by atoms with Crippen LogP contribution < -0.4 is 14.2 Å². The molecule has 3 heterocycles. The number of fused-ring (bicyclic) bond motifs is 6. The number of carbonyl (C=O) groups is 6. The van der Waals surface area contributed by atoms with Crippen LogP contribution in [-0.2, 0) is 34.4 Å². The molecule has 3 aromatic rings. The fourth-order valence-electron chi connectivity index (χ4n) is 5.10. The van der Waals surface area contributed by atoms with Gasteiger partial charge in [-0.1, -0.05) is 23.2 Å². The molecule has 0 atom stereocenters. The maximum Gasteiger partial charge on any atom is 0.363 e. The highest BCUT2D eigenvalue weighted by atomic mass is 35.5. The van der Waals surface area contributed by atoms with Crippen molar-refractivity contribution in [3.05, 3.63) is 80.3 Å². The normalized spacial score (nSPS) is 15.7. The zero-order chi connectivity index (χ0) is 30.8. The molecule has 14 heteroatoms. The van der Waals surface area contributed by atoms with E-state index in [-0.39, 0.29) is 73.7 Å². The summed E-state index contributed by atoms with van der Waals surface area (Å²) in [4.78, 5) is 78.9. The topological polar surface area (TPSA) is 152 Å². The van der Waals surface area contributed by atoms with Gasteiger partial charge in [0.2, 0.25) is 0 Å². The van der Waals surface area contributed by atoms with Crippen molar-refractivity contribution in [3.63, 3.8) is 0 Å². The van der Waals surface area contributed by atoms with E-state index in [1.807, 2.05) is 0 Å². The van der Waals surface area contributed by atoms with Crippen LogP contribution in [0.2, 0.25) is 10.0 Å². The van der Waals surface area contributed by atoms with Gasteiger partial charge in [0.25, 0.3) is 11.8 Å². The molecule has 2 amide bonds. The zero-order valence-electron chi connectivity index (χ0n) is 22.1. The molecule has 3 aliphatic heterocycles. The van der Waals surface area contributed by atoms with Crippen molar-refractivity contribution < 1.29 is 52.6 Å². The molecular weight excluding hydrogens is 609 g/mol. The van der Waals surface area contributed by atoms with Gasteiger partial charge in [-0.25, -0.2) is 9.59 Å². The first-order valence-corrected chi connectivity index (χ1v) is 13.3. The number of imide groups is 1. The summed E-state index contributed by atoms with van der Waals surface area (Å²) in [6, 6.07) is 9.31. The molecule has 1 saturated heterocycles. The van der Waals surface area contributed by atoms with E-state index in [1.54, 1.807) is 0 Å². The molecule has 12 nitrogen and oxygen atoms in total. The first-order valence-electron chi connectivity index (χ1n) is 12.6. The summed E-state index contributed by atoms with van der Waals surface area (Å²) in [5, 5.41) is 0.335. The van der Waals surface area contributed by atoms with E-state index in [2.05, 4.69) is 0 Å². The van der Waals surface area contributed by atoms with E-state index in [9.17, 15) is 28.8 Å². The summed E-state index contributed by atoms with van der Waals surface area (Å²) in [7, 11) is 0. The SMILES string of the molecule is CC(=O)Oc1cc2c(cc1Cl)C1(OC(=O)c3ccc(C(=O)ON4C(=O)CCC4=O)cc31)c1cc(Cl)c(OC(C)=O)cc1O2. The second-order valence-corrected chi connectivity index (χ2v) is 10.5. The molecule has 6 rings (SSSR count). The van der Waals surface area contributed by atoms with Gasteiger partial charge in [-0.05, 0) is 30.3 Å². The van der Waals surface area contributed by atoms with Crippen LogP contribution in [0.3, 0.4) is 0 Å². The van der Waals surface area contributed by atoms with Gasteiger partial charge in [-0.2, -0.15) is 0 Å². The summed E-state index contributed by atoms with van der Waals surface area (Å²) in [5.41, 5.74) is -1.39. The third-order valence-corrected chi connectivity index (χ3v) is 7.43. The van der Waals surface area contributed by atoms with Gasteiger partial charge < -0.3 is 23.8 Å². The Bertz CT molecular complexity index is 1750. The zero-order valence-corrected chi connectivity index (χ0v) is 23.7. The average Bonchev–Trinajstić information content (AvgIpc) is 3.41. The molecule has 1 fully saturated rings. The van der Waals surface area contributed by atoms with Crippen LogP contribution in [0.1, 0.15) is 64.1 Å². The minimum Gasteiger partial charge on any atom is -0.456 e. The van der Waals surface area contributed by atoms with Crippen LogP contribution in [0.4, 0.5) is 0 Å². The molecule has 0 saturated carbocycles. The predicted molar refractivity (Wildman–Crippen MR) is 144 cm³/mol. The lowest BCUT2D eigenvalue weighted by molar-refractivity contribution is -0.172. The minimum atomic E-state index is -1.83. The number of benzene rings is 3. The summed E-state index contributed by atoms with van der Waals surface area (Å²) in [6.45, 7) is 2.36. The number of hydrogen-bond donors (Lipinski definition) is 0. The highest BCUT2D eigenvalue weighted by Gasteiger charge is 2.54. The molecule has 0 unspecified atom stereocenters. The lowest BCUT2D eigenvalue weighted by atomic mass is 9.77. The Labute approximate surface area is 251 Å². The first-order chi connectivity index (χ1) is 20.4. The molecule has 0 aromatic heterocycles. The van der Waals surface area contributed by atoms with Crippen molar-refractivity contribution in [1.82, 2.24) is 5.06 Å². The van der Waals surface area contributed by atoms with Gasteiger partial charge in [0.1, 0.15) is 11.5 Å². The van der Waals surface area contributed by atoms with Gasteiger partial charge in [0, 0.05) is 55.5 Å². The number of rotatable bonds is 4. The Kier molecular flexibility index (Phi) is 6.62. The Balaban J connectivity index is 1.56. The van der Waals surface area contributed by atoms with Crippen LogP contribution in [0.25, 0.3) is 0 Å². The Hall–Kier alpha value is -4.94. The van der Waals surface area contributed by atoms with Gasteiger partial charge in [-0.15, -0.1) is 5.06 Å². The highest BCUT2D eigenvalue weighted by molar-refractivity contribution is 6.33. The summed E-state index contributed by atoms with van der Waals surface area (Å²) >= 11 is 13.0. The van der Waals surface area contributed by atoms with Crippen molar-refractivity contribution in [2.75, 3.05) is 0 Å². The lowest BCUT2D eigenvalue weighted by Gasteiger charge is -2.37. The van der Waals surface area contributed by atoms with Crippen LogP contribution in [0.5, 0.6) is 23.0 Å². The highest BCUT2D eigenvalue weighted by Crippen LogP contribution is 2.59. The summed E-state index contributed by atoms with van der Waals surface area (Å²) in [5.74, 6) is -4.49. The van der Waals surface area contributed by atoms with Crippen molar-refractivity contribution in [3.8, 4) is 23.0 Å². The van der Waals surface area contributed by atoms with Gasteiger partial charge >= 0.3 is 23.9 Å². The Morgan fingerprint density at radius 3 is 1.84 bits per heavy atom. The third kappa shape index (κ3) is 4.55. The van der Waals surface area contributed by atoms with E-state index in [4.69, 9.17) is 47.0 Å². The molecule has 3 aromatic carbocycles. The molecule has 1 spiro atoms. The molecular formula is C29H17Cl2NO11. The van der Waals surface area contributed by atoms with Crippen molar-refractivity contribution in [2.24, 2.45) is 0 Å². The van der Waals surface area contributed by atoms with Crippen LogP contribution in [0.15, 0.2) is 42.5 Å². The maximum absolute atomic E-state index is 13.3. The number of nitrogens with zero attached hydrogens (tertiary/aromatic N) is 1. The molecule has 3 aliphatic rings. The monoisotopic (exact) mass is 625 g/mol. The van der Waals surface area contributed by atoms with Gasteiger partial charge in [0.05, 0.1) is 21.2 Å². The number of halogens is 2. The van der Waals surface area contributed by atoms with Gasteiger partial charge in [-0.3, -0.25) is 19.2 Å². The minimum absolute atomic E-state index is 0.0332. The summed E-state index contributed by atoms with van der Waals surface area (Å²) in [6.07, 6.45) is -0.191. The van der Waals surface area contributed by atoms with E-state index in [0.29, 0.717) is 5.06 Å². The number of hydrogen-bond acceptors (Lipinski definition) is 11. The number of ether oxygens (including phenoxy) is 4. The van der Waals surface area contributed by atoms with E-state index in [0.717, 1.165) is 0 Å². The van der Waals surface area contributed by atoms with Gasteiger partial charge in [0.15, 0.2) is 17.1 Å². The fraction of sp³-hybridized carbons (Fsp3) is 0.172. The largest absolute Gasteiger partial charge is 0.456 e. The number of hydroxylamine groups is 2. The lowest BCUT2D eigenvalue weighted by Crippen LogP contribution is -2.34. The Morgan fingerprint density at radius 1 is 0.791 bits per heavy atom. The fourth-order valence-corrected chi connectivity index (χ4v) is 5.51. The number of esters is 3. The molecule has 0 aliphatic carbocycles. The van der Waals surface area contributed by atoms with Crippen LogP contribution in [-0.4, -0.2) is 40.8 Å². The van der Waals surface area contributed by atoms with Crippen LogP contribution >= 0.6 is 23.2 Å². The average molecular weight is 626 g/mol. The predicted octanol–water partition coefficient (Wildman–Crippen LogP) is 4.63. The quantitative estimate of drug-likeness (QED) is 0.226. The maximum atomic E-state index is 13.3. The second kappa shape index (κ2) is 10.1. The van der Waals surface area contributed by atoms with Crippen molar-refractivity contribution in [1.29, 1.82) is 0 Å². The Morgan fingerprint density at radius 2 is 1.33 bits per heavy atom. The smallest absolute Gasteiger partial charge is 0.363 e. The number of amides is 2. The van der Waals surface area contributed by atoms with Crippen LogP contribution in [0, 0.1) is 0 Å². The second-order valence-electron chi connectivity index (χ2n) is 9.64. The first kappa shape index (κ1) is 28.2. The molecule has 0 bridgehead atoms. The van der Waals surface area contributed by atoms with Crippen molar-refractivity contribution >= 4 is 58.9 Å². The molecule has 218 valence electrons. The molecule has 0 N–H and O–H groups in total. The number of carbonyl (C=O) groups excluding carboxylic acids is 6. The third-order valence-electron chi connectivity index (χ3n) is 6.83.